The lowest BCUT2D eigenvalue weighted by atomic mass is 9.86. The van der Waals surface area contributed by atoms with Crippen molar-refractivity contribution < 1.29 is 9.95 Å². The van der Waals surface area contributed by atoms with E-state index in [1.165, 1.54) is 6.42 Å². The zero-order valence-corrected chi connectivity index (χ0v) is 7.94. The Bertz CT molecular complexity index is 240. The van der Waals surface area contributed by atoms with Gasteiger partial charge in [0.15, 0.2) is 5.71 Å². The molecule has 1 saturated carbocycles. The maximum atomic E-state index is 11.6. The summed E-state index contributed by atoms with van der Waals surface area (Å²) in [5.74, 6) is 0.299. The second-order valence-corrected chi connectivity index (χ2v) is 4.01. The summed E-state index contributed by atoms with van der Waals surface area (Å²) in [4.78, 5) is 0. The fraction of sp³-hybridized carbons (Fsp3) is 0.889. The molecule has 1 N–H and O–H groups in total. The Hall–Kier alpha value is -0.610. The summed E-state index contributed by atoms with van der Waals surface area (Å²) in [7, 11) is 0. The lowest BCUT2D eigenvalue weighted by Gasteiger charge is -2.35. The van der Waals surface area contributed by atoms with Crippen LogP contribution in [0.5, 0.6) is 0 Å². The molecule has 1 heterocycles. The van der Waals surface area contributed by atoms with Gasteiger partial charge in [-0.2, -0.15) is 4.74 Å². The summed E-state index contributed by atoms with van der Waals surface area (Å²) in [5, 5.41) is 22.3. The molecule has 0 aromatic carbocycles. The summed E-state index contributed by atoms with van der Waals surface area (Å²) in [6, 6.07) is 0. The molecule has 0 aromatic heterocycles. The van der Waals surface area contributed by atoms with E-state index in [1.54, 1.807) is 6.92 Å². The Morgan fingerprint density at radius 2 is 2.31 bits per heavy atom. The SMILES string of the molecule is CC1N(O)CC2CCCCC2=[N+]1[O-]. The highest BCUT2D eigenvalue weighted by Crippen LogP contribution is 2.26. The van der Waals surface area contributed by atoms with E-state index >= 15 is 0 Å². The molecule has 0 amide bonds. The van der Waals surface area contributed by atoms with Gasteiger partial charge in [0.25, 0.3) is 0 Å². The minimum absolute atomic E-state index is 0.299. The van der Waals surface area contributed by atoms with E-state index in [-0.39, 0.29) is 0 Å². The summed E-state index contributed by atoms with van der Waals surface area (Å²) in [6.45, 7) is 2.38. The predicted molar refractivity (Wildman–Crippen MR) is 48.5 cm³/mol. The van der Waals surface area contributed by atoms with E-state index in [0.29, 0.717) is 12.5 Å². The second kappa shape index (κ2) is 3.27. The first-order valence-corrected chi connectivity index (χ1v) is 4.97. The maximum Gasteiger partial charge on any atom is 0.237 e. The molecule has 74 valence electrons. The largest absolute Gasteiger partial charge is 0.623 e. The first-order chi connectivity index (χ1) is 6.20. The fourth-order valence-electron chi connectivity index (χ4n) is 2.29. The van der Waals surface area contributed by atoms with Gasteiger partial charge in [0.1, 0.15) is 0 Å². The number of hydrogen-bond donors (Lipinski definition) is 1. The van der Waals surface area contributed by atoms with Crippen LogP contribution in [0.2, 0.25) is 0 Å². The smallest absolute Gasteiger partial charge is 0.237 e. The van der Waals surface area contributed by atoms with Crippen molar-refractivity contribution in [3.05, 3.63) is 5.21 Å². The van der Waals surface area contributed by atoms with Crippen molar-refractivity contribution in [1.82, 2.24) is 5.06 Å². The van der Waals surface area contributed by atoms with Crippen molar-refractivity contribution in [2.75, 3.05) is 6.54 Å². The molecule has 0 radical (unpaired) electrons. The minimum Gasteiger partial charge on any atom is -0.623 e. The van der Waals surface area contributed by atoms with Crippen LogP contribution in [-0.4, -0.2) is 33.4 Å². The van der Waals surface area contributed by atoms with Crippen LogP contribution in [0.1, 0.15) is 32.6 Å². The monoisotopic (exact) mass is 184 g/mol. The molecule has 1 aliphatic carbocycles. The summed E-state index contributed by atoms with van der Waals surface area (Å²) in [5.41, 5.74) is 1.00. The molecule has 2 atom stereocenters. The van der Waals surface area contributed by atoms with Crippen LogP contribution in [0.25, 0.3) is 0 Å². The molecular weight excluding hydrogens is 168 g/mol. The van der Waals surface area contributed by atoms with E-state index in [9.17, 15) is 10.4 Å². The Balaban J connectivity index is 2.26. The average molecular weight is 184 g/mol. The molecule has 2 aliphatic rings. The van der Waals surface area contributed by atoms with Crippen LogP contribution in [0, 0.1) is 11.1 Å². The zero-order chi connectivity index (χ0) is 9.42. The van der Waals surface area contributed by atoms with Gasteiger partial charge in [0.05, 0.1) is 5.92 Å². The maximum absolute atomic E-state index is 11.6. The van der Waals surface area contributed by atoms with Gasteiger partial charge in [0, 0.05) is 19.9 Å². The molecular formula is C9H16N2O2. The first kappa shape index (κ1) is 8.97. The van der Waals surface area contributed by atoms with Crippen molar-refractivity contribution in [3.8, 4) is 0 Å². The third kappa shape index (κ3) is 1.44. The van der Waals surface area contributed by atoms with Crippen LogP contribution in [0.4, 0.5) is 0 Å². The zero-order valence-electron chi connectivity index (χ0n) is 7.94. The number of fused-ring (bicyclic) bond motifs is 1. The van der Waals surface area contributed by atoms with Gasteiger partial charge in [-0.25, -0.2) is 0 Å². The standard InChI is InChI=1S/C9H16N2O2/c1-7-10(12)6-8-4-2-3-5-9(8)11(7)13/h7-8,12H,2-6H2,1H3. The molecule has 0 saturated heterocycles. The first-order valence-electron chi connectivity index (χ1n) is 4.97. The highest BCUT2D eigenvalue weighted by Gasteiger charge is 2.37. The molecule has 0 bridgehead atoms. The molecule has 1 aliphatic heterocycles. The van der Waals surface area contributed by atoms with Gasteiger partial charge >= 0.3 is 0 Å². The normalized spacial score (nSPS) is 36.2. The van der Waals surface area contributed by atoms with Gasteiger partial charge in [-0.1, -0.05) is 6.42 Å². The third-order valence-corrected chi connectivity index (χ3v) is 3.17. The van der Waals surface area contributed by atoms with E-state index in [4.69, 9.17) is 0 Å². The Kier molecular flexibility index (Phi) is 2.26. The molecule has 4 heteroatoms. The van der Waals surface area contributed by atoms with Crippen LogP contribution in [0.3, 0.4) is 0 Å². The van der Waals surface area contributed by atoms with E-state index < -0.39 is 6.17 Å². The van der Waals surface area contributed by atoms with Gasteiger partial charge in [-0.15, -0.1) is 5.06 Å². The van der Waals surface area contributed by atoms with Crippen molar-refractivity contribution >= 4 is 5.71 Å². The van der Waals surface area contributed by atoms with Crippen LogP contribution in [0.15, 0.2) is 0 Å². The molecule has 13 heavy (non-hydrogen) atoms. The quantitative estimate of drug-likeness (QED) is 0.454. The fourth-order valence-corrected chi connectivity index (χ4v) is 2.29. The molecule has 2 unspecified atom stereocenters. The van der Waals surface area contributed by atoms with Crippen molar-refractivity contribution in [2.24, 2.45) is 5.92 Å². The van der Waals surface area contributed by atoms with Crippen molar-refractivity contribution in [3.63, 3.8) is 0 Å². The summed E-state index contributed by atoms with van der Waals surface area (Å²) >= 11 is 0. The van der Waals surface area contributed by atoms with Crippen LogP contribution >= 0.6 is 0 Å². The highest BCUT2D eigenvalue weighted by molar-refractivity contribution is 5.83. The van der Waals surface area contributed by atoms with Gasteiger partial charge < -0.3 is 10.4 Å². The predicted octanol–water partition coefficient (Wildman–Crippen LogP) is 1.18. The summed E-state index contributed by atoms with van der Waals surface area (Å²) < 4.78 is 0.993. The Labute approximate surface area is 78.0 Å². The molecule has 0 aromatic rings. The second-order valence-electron chi connectivity index (χ2n) is 4.01. The Morgan fingerprint density at radius 3 is 3.08 bits per heavy atom. The highest BCUT2D eigenvalue weighted by atomic mass is 16.5. The molecule has 0 spiro atoms. The van der Waals surface area contributed by atoms with Gasteiger partial charge in [-0.3, -0.25) is 0 Å². The van der Waals surface area contributed by atoms with E-state index in [1.807, 2.05) is 0 Å². The molecule has 1 fully saturated rings. The minimum atomic E-state index is -0.399. The van der Waals surface area contributed by atoms with Crippen molar-refractivity contribution in [2.45, 2.75) is 38.8 Å². The van der Waals surface area contributed by atoms with Crippen LogP contribution in [-0.2, 0) is 0 Å². The number of hydroxylamine groups is 3. The lowest BCUT2D eigenvalue weighted by Crippen LogP contribution is -2.51. The van der Waals surface area contributed by atoms with Gasteiger partial charge in [-0.05, 0) is 12.8 Å². The lowest BCUT2D eigenvalue weighted by molar-refractivity contribution is -0.562. The molecule has 4 nitrogen and oxygen atoms in total. The van der Waals surface area contributed by atoms with Gasteiger partial charge in [0.2, 0.25) is 6.17 Å². The van der Waals surface area contributed by atoms with Crippen LogP contribution < -0.4 is 0 Å². The topological polar surface area (TPSA) is 49.5 Å². The Morgan fingerprint density at radius 1 is 1.54 bits per heavy atom. The third-order valence-electron chi connectivity index (χ3n) is 3.17. The number of rotatable bonds is 0. The summed E-state index contributed by atoms with van der Waals surface area (Å²) in [6.07, 6.45) is 3.89. The van der Waals surface area contributed by atoms with E-state index in [0.717, 1.165) is 34.8 Å². The number of nitrogens with zero attached hydrogens (tertiary/aromatic N) is 2. The van der Waals surface area contributed by atoms with Crippen molar-refractivity contribution in [1.29, 1.82) is 0 Å². The average Bonchev–Trinajstić information content (AvgIpc) is 2.15. The molecule has 2 rings (SSSR count). The van der Waals surface area contributed by atoms with E-state index in [2.05, 4.69) is 0 Å². The number of hydrogen-bond acceptors (Lipinski definition) is 3.